The molecule has 0 saturated carbocycles. The molecule has 2 N–H and O–H groups in total. The summed E-state index contributed by atoms with van der Waals surface area (Å²) in [5.74, 6) is 1.46. The second-order valence-corrected chi connectivity index (χ2v) is 3.06. The predicted molar refractivity (Wildman–Crippen MR) is 41.8 cm³/mol. The Morgan fingerprint density at radius 2 is 2.30 bits per heavy atom. The number of rotatable bonds is 2. The average Bonchev–Trinajstić information content (AvgIpc) is 2.20. The third-order valence-corrected chi connectivity index (χ3v) is 2.04. The van der Waals surface area contributed by atoms with Crippen LogP contribution in [0.15, 0.2) is 5.16 Å². The van der Waals surface area contributed by atoms with Gasteiger partial charge in [0, 0.05) is 7.05 Å². The zero-order valence-electron chi connectivity index (χ0n) is 6.03. The number of nitrogens with zero attached hydrogens (tertiary/aromatic N) is 3. The van der Waals surface area contributed by atoms with Crippen LogP contribution in [-0.2, 0) is 7.05 Å². The molecule has 0 aliphatic carbocycles. The van der Waals surface area contributed by atoms with Gasteiger partial charge >= 0.3 is 0 Å². The smallest absolute Gasteiger partial charge is 0.222 e. The second kappa shape index (κ2) is 2.92. The number of nitrogen functional groups attached to an aromatic ring is 1. The molecule has 0 amide bonds. The highest BCUT2D eigenvalue weighted by molar-refractivity contribution is 7.99. The molecule has 0 fully saturated rings. The largest absolute Gasteiger partial charge is 0.368 e. The normalized spacial score (nSPS) is 10.2. The van der Waals surface area contributed by atoms with Crippen molar-refractivity contribution in [1.29, 1.82) is 0 Å². The summed E-state index contributed by atoms with van der Waals surface area (Å²) >= 11 is 1.63. The van der Waals surface area contributed by atoms with Gasteiger partial charge in [-0.15, -0.1) is 10.2 Å². The molecule has 5 heteroatoms. The van der Waals surface area contributed by atoms with E-state index < -0.39 is 0 Å². The van der Waals surface area contributed by atoms with Crippen LogP contribution in [0, 0.1) is 0 Å². The summed E-state index contributed by atoms with van der Waals surface area (Å²) < 4.78 is 1.77. The molecule has 1 heterocycles. The molecule has 1 aromatic rings. The van der Waals surface area contributed by atoms with E-state index in [1.54, 1.807) is 16.3 Å². The monoisotopic (exact) mass is 158 g/mol. The van der Waals surface area contributed by atoms with E-state index in [4.69, 9.17) is 5.73 Å². The minimum absolute atomic E-state index is 0.468. The van der Waals surface area contributed by atoms with Gasteiger partial charge in [0.1, 0.15) is 0 Å². The fourth-order valence-corrected chi connectivity index (χ4v) is 1.22. The van der Waals surface area contributed by atoms with Gasteiger partial charge in [0.2, 0.25) is 5.95 Å². The molecule has 0 spiro atoms. The van der Waals surface area contributed by atoms with Crippen molar-refractivity contribution in [3.8, 4) is 0 Å². The summed E-state index contributed by atoms with van der Waals surface area (Å²) in [5.41, 5.74) is 5.45. The highest BCUT2D eigenvalue weighted by Crippen LogP contribution is 2.14. The Morgan fingerprint density at radius 1 is 1.60 bits per heavy atom. The van der Waals surface area contributed by atoms with Gasteiger partial charge < -0.3 is 5.73 Å². The molecule has 0 bridgehead atoms. The zero-order chi connectivity index (χ0) is 7.56. The third kappa shape index (κ3) is 1.23. The van der Waals surface area contributed by atoms with Crippen molar-refractivity contribution in [3.05, 3.63) is 0 Å². The van der Waals surface area contributed by atoms with Crippen LogP contribution < -0.4 is 5.73 Å². The highest BCUT2D eigenvalue weighted by Gasteiger charge is 2.02. The number of nitrogens with two attached hydrogens (primary N) is 1. The first kappa shape index (κ1) is 7.40. The molecule has 0 aromatic carbocycles. The lowest BCUT2D eigenvalue weighted by molar-refractivity contribution is 0.796. The van der Waals surface area contributed by atoms with E-state index in [0.29, 0.717) is 5.95 Å². The molecule has 1 aromatic heterocycles. The molecule has 1 rings (SSSR count). The Balaban J connectivity index is 2.83. The van der Waals surface area contributed by atoms with Crippen molar-refractivity contribution in [2.75, 3.05) is 11.5 Å². The molecule has 10 heavy (non-hydrogen) atoms. The van der Waals surface area contributed by atoms with E-state index >= 15 is 0 Å². The summed E-state index contributed by atoms with van der Waals surface area (Å²) in [6.45, 7) is 2.07. The minimum Gasteiger partial charge on any atom is -0.368 e. The van der Waals surface area contributed by atoms with Crippen molar-refractivity contribution in [1.82, 2.24) is 14.8 Å². The number of thioether (sulfide) groups is 1. The molecule has 4 nitrogen and oxygen atoms in total. The van der Waals surface area contributed by atoms with Crippen molar-refractivity contribution < 1.29 is 0 Å². The molecular formula is C5H10N4S. The van der Waals surface area contributed by atoms with Crippen LogP contribution in [0.1, 0.15) is 6.92 Å². The first-order valence-electron chi connectivity index (χ1n) is 3.03. The Morgan fingerprint density at radius 3 is 2.70 bits per heavy atom. The topological polar surface area (TPSA) is 56.7 Å². The van der Waals surface area contributed by atoms with Gasteiger partial charge in [-0.2, -0.15) is 0 Å². The van der Waals surface area contributed by atoms with Gasteiger partial charge in [-0.1, -0.05) is 18.7 Å². The standard InChI is InChI=1S/C5H10N4S/c1-3-10-5-8-7-4(6)9(5)2/h3H2,1-2H3,(H2,6,7). The summed E-state index contributed by atoms with van der Waals surface area (Å²) in [7, 11) is 1.85. The van der Waals surface area contributed by atoms with E-state index in [2.05, 4.69) is 17.1 Å². The fourth-order valence-electron chi connectivity index (χ4n) is 0.581. The second-order valence-electron chi connectivity index (χ2n) is 1.83. The first-order chi connectivity index (χ1) is 4.75. The Kier molecular flexibility index (Phi) is 2.16. The predicted octanol–water partition coefficient (Wildman–Crippen LogP) is 0.509. The summed E-state index contributed by atoms with van der Waals surface area (Å²) in [6.07, 6.45) is 0. The lowest BCUT2D eigenvalue weighted by Gasteiger charge is -1.96. The van der Waals surface area contributed by atoms with Crippen LogP contribution in [0.5, 0.6) is 0 Å². The average molecular weight is 158 g/mol. The van der Waals surface area contributed by atoms with Crippen molar-refractivity contribution in [3.63, 3.8) is 0 Å². The lowest BCUT2D eigenvalue weighted by atomic mass is 11.0. The number of hydrogen-bond acceptors (Lipinski definition) is 4. The van der Waals surface area contributed by atoms with Gasteiger partial charge in [-0.05, 0) is 5.75 Å². The van der Waals surface area contributed by atoms with Gasteiger partial charge in [0.25, 0.3) is 0 Å². The van der Waals surface area contributed by atoms with Crippen LogP contribution in [0.2, 0.25) is 0 Å². The minimum atomic E-state index is 0.468. The maximum atomic E-state index is 5.45. The van der Waals surface area contributed by atoms with E-state index in [-0.39, 0.29) is 0 Å². The van der Waals surface area contributed by atoms with Crippen molar-refractivity contribution in [2.45, 2.75) is 12.1 Å². The maximum absolute atomic E-state index is 5.45. The van der Waals surface area contributed by atoms with E-state index in [1.807, 2.05) is 7.05 Å². The molecule has 0 saturated heterocycles. The zero-order valence-corrected chi connectivity index (χ0v) is 6.85. The maximum Gasteiger partial charge on any atom is 0.222 e. The van der Waals surface area contributed by atoms with Crippen LogP contribution in [0.3, 0.4) is 0 Å². The van der Waals surface area contributed by atoms with Crippen molar-refractivity contribution in [2.24, 2.45) is 7.05 Å². The van der Waals surface area contributed by atoms with Gasteiger partial charge in [0.15, 0.2) is 5.16 Å². The summed E-state index contributed by atoms with van der Waals surface area (Å²) in [4.78, 5) is 0. The highest BCUT2D eigenvalue weighted by atomic mass is 32.2. The van der Waals surface area contributed by atoms with Gasteiger partial charge in [0.05, 0.1) is 0 Å². The van der Waals surface area contributed by atoms with Crippen LogP contribution in [0.4, 0.5) is 5.95 Å². The van der Waals surface area contributed by atoms with Gasteiger partial charge in [-0.3, -0.25) is 4.57 Å². The van der Waals surface area contributed by atoms with E-state index in [9.17, 15) is 0 Å². The number of anilines is 1. The van der Waals surface area contributed by atoms with Gasteiger partial charge in [-0.25, -0.2) is 0 Å². The lowest BCUT2D eigenvalue weighted by Crippen LogP contribution is -1.97. The van der Waals surface area contributed by atoms with Crippen LogP contribution >= 0.6 is 11.8 Å². The summed E-state index contributed by atoms with van der Waals surface area (Å²) in [6, 6.07) is 0. The quantitative estimate of drug-likeness (QED) is 0.637. The first-order valence-corrected chi connectivity index (χ1v) is 4.02. The van der Waals surface area contributed by atoms with Crippen LogP contribution in [-0.4, -0.2) is 20.5 Å². The molecule has 0 unspecified atom stereocenters. The Labute approximate surface area is 63.8 Å². The molecule has 0 aliphatic heterocycles. The van der Waals surface area contributed by atoms with Crippen molar-refractivity contribution >= 4 is 17.7 Å². The summed E-state index contributed by atoms with van der Waals surface area (Å²) in [5, 5.41) is 8.44. The third-order valence-electron chi connectivity index (χ3n) is 1.14. The van der Waals surface area contributed by atoms with Crippen LogP contribution in [0.25, 0.3) is 0 Å². The molecule has 0 aliphatic rings. The number of hydrogen-bond donors (Lipinski definition) is 1. The molecular weight excluding hydrogens is 148 g/mol. The van der Waals surface area contributed by atoms with E-state index in [0.717, 1.165) is 10.9 Å². The molecule has 56 valence electrons. The Hall–Kier alpha value is -0.710. The molecule has 0 radical (unpaired) electrons. The Bertz CT molecular complexity index is 219. The number of aromatic nitrogens is 3. The fraction of sp³-hybridized carbons (Fsp3) is 0.600. The SMILES string of the molecule is CCSc1nnc(N)n1C. The molecule has 0 atom stereocenters. The van der Waals surface area contributed by atoms with E-state index in [1.165, 1.54) is 0 Å².